The maximum absolute atomic E-state index is 13.9. The number of rotatable bonds is 5. The third-order valence-electron chi connectivity index (χ3n) is 4.54. The zero-order valence-electron chi connectivity index (χ0n) is 13.9. The highest BCUT2D eigenvalue weighted by Gasteiger charge is 2.24. The van der Waals surface area contributed by atoms with Gasteiger partial charge >= 0.3 is 0 Å². The standard InChI is InChI=1S/C18H20BrFN2O2S/c1-13(22-9-8-14-4-2-3-5-15(14)12-22)11-21-25(23,24)18-10-16(19)6-7-17(18)20/h2-7,10,13,21H,8-9,11-12H2,1H3. The average Bonchev–Trinajstić information content (AvgIpc) is 2.61. The molecule has 1 atom stereocenters. The SMILES string of the molecule is CC(CNS(=O)(=O)c1cc(Br)ccc1F)N1CCc2ccccc2C1. The van der Waals surface area contributed by atoms with Crippen molar-refractivity contribution in [2.75, 3.05) is 13.1 Å². The number of halogens is 2. The topological polar surface area (TPSA) is 49.4 Å². The van der Waals surface area contributed by atoms with Crippen LogP contribution in [0.4, 0.5) is 4.39 Å². The van der Waals surface area contributed by atoms with E-state index in [4.69, 9.17) is 0 Å². The van der Waals surface area contributed by atoms with E-state index in [-0.39, 0.29) is 17.5 Å². The average molecular weight is 427 g/mol. The van der Waals surface area contributed by atoms with Crippen molar-refractivity contribution in [1.82, 2.24) is 9.62 Å². The maximum Gasteiger partial charge on any atom is 0.243 e. The van der Waals surface area contributed by atoms with Crippen LogP contribution in [0.25, 0.3) is 0 Å². The van der Waals surface area contributed by atoms with E-state index in [9.17, 15) is 12.8 Å². The highest BCUT2D eigenvalue weighted by molar-refractivity contribution is 9.10. The molecule has 2 aromatic carbocycles. The third-order valence-corrected chi connectivity index (χ3v) is 6.47. The molecule has 25 heavy (non-hydrogen) atoms. The minimum atomic E-state index is -3.89. The van der Waals surface area contributed by atoms with Crippen LogP contribution in [-0.4, -0.2) is 32.4 Å². The molecule has 1 heterocycles. The first-order chi connectivity index (χ1) is 11.9. The molecule has 0 aliphatic carbocycles. The fourth-order valence-corrected chi connectivity index (χ4v) is 4.75. The number of hydrogen-bond donors (Lipinski definition) is 1. The Balaban J connectivity index is 1.66. The highest BCUT2D eigenvalue weighted by Crippen LogP contribution is 2.22. The Morgan fingerprint density at radius 2 is 1.96 bits per heavy atom. The van der Waals surface area contributed by atoms with Crippen LogP contribution in [-0.2, 0) is 23.0 Å². The first kappa shape index (κ1) is 18.5. The van der Waals surface area contributed by atoms with Gasteiger partial charge in [0, 0.05) is 30.1 Å². The summed E-state index contributed by atoms with van der Waals surface area (Å²) in [5, 5.41) is 0. The minimum Gasteiger partial charge on any atom is -0.295 e. The van der Waals surface area contributed by atoms with Gasteiger partial charge in [0.1, 0.15) is 10.7 Å². The zero-order chi connectivity index (χ0) is 18.0. The molecule has 7 heteroatoms. The molecule has 0 saturated carbocycles. The van der Waals surface area contributed by atoms with Gasteiger partial charge in [-0.2, -0.15) is 0 Å². The van der Waals surface area contributed by atoms with E-state index in [1.54, 1.807) is 0 Å². The van der Waals surface area contributed by atoms with Crippen LogP contribution in [0.15, 0.2) is 51.8 Å². The van der Waals surface area contributed by atoms with Crippen LogP contribution in [0.1, 0.15) is 18.1 Å². The Bertz CT molecular complexity index is 873. The van der Waals surface area contributed by atoms with E-state index in [1.807, 2.05) is 19.1 Å². The lowest BCUT2D eigenvalue weighted by Crippen LogP contribution is -2.44. The Labute approximate surface area is 156 Å². The first-order valence-corrected chi connectivity index (χ1v) is 10.4. The Kier molecular flexibility index (Phi) is 5.58. The van der Waals surface area contributed by atoms with Gasteiger partial charge in [0.25, 0.3) is 0 Å². The molecule has 3 rings (SSSR count). The summed E-state index contributed by atoms with van der Waals surface area (Å²) in [5.41, 5.74) is 2.63. The summed E-state index contributed by atoms with van der Waals surface area (Å²) in [7, 11) is -3.89. The summed E-state index contributed by atoms with van der Waals surface area (Å²) < 4.78 is 41.7. The van der Waals surface area contributed by atoms with Crippen LogP contribution in [0, 0.1) is 5.82 Å². The van der Waals surface area contributed by atoms with Crippen molar-refractivity contribution < 1.29 is 12.8 Å². The molecule has 1 aliphatic rings. The molecule has 0 aromatic heterocycles. The van der Waals surface area contributed by atoms with Crippen molar-refractivity contribution in [1.29, 1.82) is 0 Å². The molecule has 1 N–H and O–H groups in total. The number of benzene rings is 2. The van der Waals surface area contributed by atoms with Gasteiger partial charge in [-0.15, -0.1) is 0 Å². The fourth-order valence-electron chi connectivity index (χ4n) is 3.01. The molecule has 134 valence electrons. The lowest BCUT2D eigenvalue weighted by atomic mass is 9.99. The second kappa shape index (κ2) is 7.53. The van der Waals surface area contributed by atoms with Crippen molar-refractivity contribution in [2.24, 2.45) is 0 Å². The lowest BCUT2D eigenvalue weighted by molar-refractivity contribution is 0.192. The van der Waals surface area contributed by atoms with Gasteiger partial charge in [-0.3, -0.25) is 4.90 Å². The highest BCUT2D eigenvalue weighted by atomic mass is 79.9. The van der Waals surface area contributed by atoms with Crippen LogP contribution in [0.2, 0.25) is 0 Å². The summed E-state index contributed by atoms with van der Waals surface area (Å²) in [6.07, 6.45) is 0.952. The number of nitrogens with one attached hydrogen (secondary N) is 1. The van der Waals surface area contributed by atoms with Crippen LogP contribution >= 0.6 is 15.9 Å². The predicted molar refractivity (Wildman–Crippen MR) is 99.3 cm³/mol. The zero-order valence-corrected chi connectivity index (χ0v) is 16.3. The van der Waals surface area contributed by atoms with Gasteiger partial charge in [0.05, 0.1) is 0 Å². The van der Waals surface area contributed by atoms with Crippen molar-refractivity contribution in [2.45, 2.75) is 30.8 Å². The summed E-state index contributed by atoms with van der Waals surface area (Å²) in [4.78, 5) is 1.90. The number of fused-ring (bicyclic) bond motifs is 1. The fraction of sp³-hybridized carbons (Fsp3) is 0.333. The molecule has 0 fully saturated rings. The smallest absolute Gasteiger partial charge is 0.243 e. The molecule has 1 aliphatic heterocycles. The Hall–Kier alpha value is -1.28. The Morgan fingerprint density at radius 3 is 2.72 bits per heavy atom. The molecule has 0 bridgehead atoms. The van der Waals surface area contributed by atoms with Gasteiger partial charge in [-0.1, -0.05) is 40.2 Å². The Morgan fingerprint density at radius 1 is 1.24 bits per heavy atom. The van der Waals surface area contributed by atoms with E-state index in [0.717, 1.165) is 25.6 Å². The summed E-state index contributed by atoms with van der Waals surface area (Å²) in [6.45, 7) is 3.89. The second-order valence-corrected chi connectivity index (χ2v) is 8.92. The van der Waals surface area contributed by atoms with Crippen molar-refractivity contribution in [3.63, 3.8) is 0 Å². The molecule has 4 nitrogen and oxygen atoms in total. The lowest BCUT2D eigenvalue weighted by Gasteiger charge is -2.33. The van der Waals surface area contributed by atoms with E-state index >= 15 is 0 Å². The van der Waals surface area contributed by atoms with E-state index < -0.39 is 15.8 Å². The molecule has 0 saturated heterocycles. The largest absolute Gasteiger partial charge is 0.295 e. The molecule has 0 radical (unpaired) electrons. The summed E-state index contributed by atoms with van der Waals surface area (Å²) >= 11 is 3.18. The number of hydrogen-bond acceptors (Lipinski definition) is 3. The monoisotopic (exact) mass is 426 g/mol. The van der Waals surface area contributed by atoms with Crippen LogP contribution < -0.4 is 4.72 Å². The van der Waals surface area contributed by atoms with Crippen molar-refractivity contribution >= 4 is 26.0 Å². The summed E-state index contributed by atoms with van der Waals surface area (Å²) in [6, 6.07) is 12.2. The van der Waals surface area contributed by atoms with E-state index in [2.05, 4.69) is 37.7 Å². The number of nitrogens with zero attached hydrogens (tertiary/aromatic N) is 1. The molecule has 2 aromatic rings. The van der Waals surface area contributed by atoms with Gasteiger partial charge in [-0.25, -0.2) is 17.5 Å². The van der Waals surface area contributed by atoms with Crippen LogP contribution in [0.5, 0.6) is 0 Å². The van der Waals surface area contributed by atoms with Gasteiger partial charge in [0.2, 0.25) is 10.0 Å². The summed E-state index contributed by atoms with van der Waals surface area (Å²) in [5.74, 6) is -0.754. The molecule has 0 spiro atoms. The predicted octanol–water partition coefficient (Wildman–Crippen LogP) is 3.31. The van der Waals surface area contributed by atoms with Crippen molar-refractivity contribution in [3.8, 4) is 0 Å². The minimum absolute atomic E-state index is 0.0124. The molecular formula is C18H20BrFN2O2S. The van der Waals surface area contributed by atoms with Gasteiger partial charge in [0.15, 0.2) is 0 Å². The quantitative estimate of drug-likeness (QED) is 0.797. The third kappa shape index (κ3) is 4.28. The molecule has 0 amide bonds. The van der Waals surface area contributed by atoms with E-state index in [0.29, 0.717) is 4.47 Å². The van der Waals surface area contributed by atoms with Gasteiger partial charge in [-0.05, 0) is 42.7 Å². The first-order valence-electron chi connectivity index (χ1n) is 8.12. The normalized spacial score (nSPS) is 16.4. The van der Waals surface area contributed by atoms with Crippen molar-refractivity contribution in [3.05, 3.63) is 63.9 Å². The molecule has 1 unspecified atom stereocenters. The van der Waals surface area contributed by atoms with E-state index in [1.165, 1.54) is 23.3 Å². The number of sulfonamides is 1. The maximum atomic E-state index is 13.9. The molecular weight excluding hydrogens is 407 g/mol. The van der Waals surface area contributed by atoms with Gasteiger partial charge < -0.3 is 0 Å². The van der Waals surface area contributed by atoms with Crippen LogP contribution in [0.3, 0.4) is 0 Å². The second-order valence-electron chi connectivity index (χ2n) is 6.26.